The third-order valence-electron chi connectivity index (χ3n) is 6.87. The Hall–Kier alpha value is -5.73. The Balaban J connectivity index is 2.27. The second kappa shape index (κ2) is 20.5. The van der Waals surface area contributed by atoms with Gasteiger partial charge in [0.25, 0.3) is 0 Å². The van der Waals surface area contributed by atoms with Gasteiger partial charge in [-0.25, -0.2) is 9.59 Å². The van der Waals surface area contributed by atoms with Crippen molar-refractivity contribution in [3.05, 3.63) is 83.9 Å². The molecule has 0 aliphatic carbocycles. The molecule has 2 rings (SSSR count). The van der Waals surface area contributed by atoms with Crippen molar-refractivity contribution in [2.24, 2.45) is 5.92 Å². The molecule has 0 unspecified atom stereocenters. The quantitative estimate of drug-likeness (QED) is 0.0930. The van der Waals surface area contributed by atoms with Crippen LogP contribution in [0.25, 0.3) is 0 Å². The summed E-state index contributed by atoms with van der Waals surface area (Å²) in [5.74, 6) is -6.36. The van der Waals surface area contributed by atoms with E-state index in [9.17, 15) is 43.8 Å². The van der Waals surface area contributed by atoms with Crippen molar-refractivity contribution in [2.45, 2.75) is 70.8 Å². The standard InChI is InChI=1S/C34H42N4O11/c1-4-48-28(43)18-15-24(19-27(41)42)35-33(46)30(23-13-9-6-10-14-23)37-31(44)25(16-17-26(39)40)36-32(45)29(21(2)3)38-34(47)49-20-22-11-7-5-8-12-22/h5-15,18,21,24-25,29-30H,4,16-17,19-20H2,1-3H3,(H,35,46)(H,36,45)(H,37,44)(H,38,47)(H,39,40)(H,41,42)/b18-15+/t24-,25+,29+,30+/m1/s1. The van der Waals surface area contributed by atoms with Gasteiger partial charge >= 0.3 is 24.0 Å². The average Bonchev–Trinajstić information content (AvgIpc) is 3.06. The lowest BCUT2D eigenvalue weighted by Gasteiger charge is -2.27. The molecule has 4 atom stereocenters. The van der Waals surface area contributed by atoms with Crippen molar-refractivity contribution >= 4 is 41.7 Å². The maximum absolute atomic E-state index is 13.6. The fourth-order valence-electron chi connectivity index (χ4n) is 4.42. The van der Waals surface area contributed by atoms with Crippen LogP contribution in [0.1, 0.15) is 57.2 Å². The first-order valence-corrected chi connectivity index (χ1v) is 15.5. The molecule has 0 aromatic heterocycles. The largest absolute Gasteiger partial charge is 0.481 e. The third-order valence-corrected chi connectivity index (χ3v) is 6.87. The van der Waals surface area contributed by atoms with Crippen molar-refractivity contribution in [3.8, 4) is 0 Å². The van der Waals surface area contributed by atoms with Crippen LogP contribution < -0.4 is 21.3 Å². The summed E-state index contributed by atoms with van der Waals surface area (Å²) in [6.07, 6.45) is -0.277. The molecule has 0 fully saturated rings. The zero-order valence-corrected chi connectivity index (χ0v) is 27.4. The number of carboxylic acids is 2. The molecule has 264 valence electrons. The first-order chi connectivity index (χ1) is 23.3. The molecule has 0 aliphatic heterocycles. The Kier molecular flexibility index (Phi) is 16.5. The van der Waals surface area contributed by atoms with E-state index in [2.05, 4.69) is 21.3 Å². The Morgan fingerprint density at radius 3 is 1.96 bits per heavy atom. The number of ether oxygens (including phenoxy) is 2. The molecule has 49 heavy (non-hydrogen) atoms. The van der Waals surface area contributed by atoms with Crippen LogP contribution >= 0.6 is 0 Å². The minimum atomic E-state index is -1.47. The SMILES string of the molecule is CCOC(=O)/C=C/[C@H](CC(=O)O)NC(=O)[C@@H](NC(=O)[C@H](CCC(=O)O)NC(=O)[C@@H](NC(=O)OCc1ccccc1)C(C)C)c1ccccc1. The molecule has 0 aliphatic rings. The summed E-state index contributed by atoms with van der Waals surface area (Å²) < 4.78 is 10.0. The zero-order chi connectivity index (χ0) is 36.3. The highest BCUT2D eigenvalue weighted by molar-refractivity contribution is 5.95. The number of nitrogens with one attached hydrogen (secondary N) is 4. The fraction of sp³-hybridized carbons (Fsp3) is 0.382. The maximum atomic E-state index is 13.6. The number of carbonyl (C=O) groups is 7. The number of hydrogen-bond acceptors (Lipinski definition) is 9. The Labute approximate surface area is 283 Å². The fourth-order valence-corrected chi connectivity index (χ4v) is 4.42. The molecule has 15 nitrogen and oxygen atoms in total. The van der Waals surface area contributed by atoms with Crippen LogP contribution in [0.15, 0.2) is 72.8 Å². The minimum Gasteiger partial charge on any atom is -0.481 e. The summed E-state index contributed by atoms with van der Waals surface area (Å²) in [7, 11) is 0. The monoisotopic (exact) mass is 682 g/mol. The summed E-state index contributed by atoms with van der Waals surface area (Å²) >= 11 is 0. The van der Waals surface area contributed by atoms with Crippen LogP contribution in [-0.4, -0.2) is 76.7 Å². The number of hydrogen-bond donors (Lipinski definition) is 6. The number of benzene rings is 2. The smallest absolute Gasteiger partial charge is 0.408 e. The first kappa shape index (κ1) is 39.4. The molecular formula is C34H42N4O11. The lowest BCUT2D eigenvalue weighted by molar-refractivity contribution is -0.139. The molecule has 0 bridgehead atoms. The lowest BCUT2D eigenvalue weighted by atomic mass is 10.0. The predicted molar refractivity (Wildman–Crippen MR) is 174 cm³/mol. The van der Waals surface area contributed by atoms with Gasteiger partial charge in [-0.3, -0.25) is 24.0 Å². The van der Waals surface area contributed by atoms with Gasteiger partial charge in [0.2, 0.25) is 17.7 Å². The Bertz CT molecular complexity index is 1460. The van der Waals surface area contributed by atoms with E-state index < -0.39 is 84.6 Å². The van der Waals surface area contributed by atoms with Gasteiger partial charge in [-0.2, -0.15) is 0 Å². The lowest BCUT2D eigenvalue weighted by Crippen LogP contribution is -2.56. The molecule has 15 heteroatoms. The third kappa shape index (κ3) is 14.7. The van der Waals surface area contributed by atoms with Gasteiger partial charge in [0.15, 0.2) is 0 Å². The van der Waals surface area contributed by atoms with E-state index in [1.54, 1.807) is 69.3 Å². The number of alkyl carbamates (subject to hydrolysis) is 1. The van der Waals surface area contributed by atoms with Crippen LogP contribution in [0.3, 0.4) is 0 Å². The molecule has 6 N–H and O–H groups in total. The van der Waals surface area contributed by atoms with Gasteiger partial charge < -0.3 is 41.0 Å². The van der Waals surface area contributed by atoms with Crippen molar-refractivity contribution < 1.29 is 53.2 Å². The number of rotatable bonds is 19. The van der Waals surface area contributed by atoms with E-state index >= 15 is 0 Å². The number of aliphatic carboxylic acids is 2. The topological polar surface area (TPSA) is 227 Å². The highest BCUT2D eigenvalue weighted by Gasteiger charge is 2.32. The van der Waals surface area contributed by atoms with Crippen molar-refractivity contribution in [1.29, 1.82) is 0 Å². The van der Waals surface area contributed by atoms with E-state index in [0.717, 1.165) is 17.7 Å². The van der Waals surface area contributed by atoms with E-state index in [-0.39, 0.29) is 25.2 Å². The van der Waals surface area contributed by atoms with Gasteiger partial charge in [0.1, 0.15) is 24.7 Å². The average molecular weight is 683 g/mol. The molecule has 0 radical (unpaired) electrons. The van der Waals surface area contributed by atoms with Crippen LogP contribution in [0.5, 0.6) is 0 Å². The predicted octanol–water partition coefficient (Wildman–Crippen LogP) is 2.22. The molecule has 2 aromatic carbocycles. The van der Waals surface area contributed by atoms with Gasteiger partial charge in [-0.1, -0.05) is 80.6 Å². The number of esters is 1. The second-order valence-electron chi connectivity index (χ2n) is 11.1. The van der Waals surface area contributed by atoms with Crippen LogP contribution in [-0.2, 0) is 44.8 Å². The molecule has 0 saturated heterocycles. The van der Waals surface area contributed by atoms with E-state index in [1.165, 1.54) is 12.1 Å². The molecule has 4 amide bonds. The summed E-state index contributed by atoms with van der Waals surface area (Å²) in [5, 5.41) is 28.6. The maximum Gasteiger partial charge on any atom is 0.408 e. The summed E-state index contributed by atoms with van der Waals surface area (Å²) in [5.41, 5.74) is 0.998. The van der Waals surface area contributed by atoms with E-state index in [0.29, 0.717) is 0 Å². The molecular weight excluding hydrogens is 640 g/mol. The van der Waals surface area contributed by atoms with Crippen LogP contribution in [0.4, 0.5) is 4.79 Å². The Morgan fingerprint density at radius 2 is 1.39 bits per heavy atom. The van der Waals surface area contributed by atoms with Crippen molar-refractivity contribution in [1.82, 2.24) is 21.3 Å². The first-order valence-electron chi connectivity index (χ1n) is 15.5. The number of amides is 4. The Morgan fingerprint density at radius 1 is 0.755 bits per heavy atom. The summed E-state index contributed by atoms with van der Waals surface area (Å²) in [4.78, 5) is 87.8. The van der Waals surface area contributed by atoms with Crippen LogP contribution in [0.2, 0.25) is 0 Å². The summed E-state index contributed by atoms with van der Waals surface area (Å²) in [6.45, 7) is 4.90. The molecule has 2 aromatic rings. The molecule has 0 saturated carbocycles. The molecule has 0 heterocycles. The van der Waals surface area contributed by atoms with Gasteiger partial charge in [-0.05, 0) is 30.4 Å². The van der Waals surface area contributed by atoms with Gasteiger partial charge in [-0.15, -0.1) is 0 Å². The van der Waals surface area contributed by atoms with Gasteiger partial charge in [0.05, 0.1) is 19.1 Å². The highest BCUT2D eigenvalue weighted by Crippen LogP contribution is 2.15. The second-order valence-corrected chi connectivity index (χ2v) is 11.1. The van der Waals surface area contributed by atoms with E-state index in [4.69, 9.17) is 9.47 Å². The number of carbonyl (C=O) groups excluding carboxylic acids is 5. The normalized spacial score (nSPS) is 13.3. The number of carboxylic acid groups (broad SMARTS) is 2. The van der Waals surface area contributed by atoms with Crippen molar-refractivity contribution in [3.63, 3.8) is 0 Å². The van der Waals surface area contributed by atoms with Crippen molar-refractivity contribution in [2.75, 3.05) is 6.61 Å². The summed E-state index contributed by atoms with van der Waals surface area (Å²) in [6, 6.07) is 11.5. The molecule has 0 spiro atoms. The van der Waals surface area contributed by atoms with Crippen LogP contribution in [0, 0.1) is 5.92 Å². The zero-order valence-electron chi connectivity index (χ0n) is 27.4. The van der Waals surface area contributed by atoms with Gasteiger partial charge in [0, 0.05) is 12.5 Å². The highest BCUT2D eigenvalue weighted by atomic mass is 16.5. The minimum absolute atomic E-state index is 0.0579. The van der Waals surface area contributed by atoms with E-state index in [1.807, 2.05) is 0 Å².